The van der Waals surface area contributed by atoms with Gasteiger partial charge in [0.05, 0.1) is 11.6 Å². The van der Waals surface area contributed by atoms with Crippen LogP contribution >= 0.6 is 11.6 Å². The summed E-state index contributed by atoms with van der Waals surface area (Å²) in [6.45, 7) is 2.18. The van der Waals surface area contributed by atoms with Crippen LogP contribution in [0.1, 0.15) is 31.4 Å². The van der Waals surface area contributed by atoms with E-state index in [2.05, 4.69) is 0 Å². The number of hydrogen-bond donors (Lipinski definition) is 2. The molecular formula is C12H17ClFNO2. The summed E-state index contributed by atoms with van der Waals surface area (Å²) in [7, 11) is 0. The summed E-state index contributed by atoms with van der Waals surface area (Å²) in [5, 5.41) is 8.93. The third-order valence-corrected chi connectivity index (χ3v) is 2.69. The van der Waals surface area contributed by atoms with E-state index in [0.717, 1.165) is 0 Å². The van der Waals surface area contributed by atoms with Crippen LogP contribution in [-0.2, 0) is 0 Å². The maximum Gasteiger partial charge on any atom is 0.173 e. The lowest BCUT2D eigenvalue weighted by atomic mass is 10.0. The minimum absolute atomic E-state index is 0.0623. The Labute approximate surface area is 105 Å². The summed E-state index contributed by atoms with van der Waals surface area (Å²) in [5.74, 6) is -0.443. The summed E-state index contributed by atoms with van der Waals surface area (Å²) >= 11 is 5.92. The number of aliphatic hydroxyl groups is 1. The third kappa shape index (κ3) is 3.84. The molecule has 0 aliphatic heterocycles. The SMILES string of the molecule is CCOc1c(F)cc([C@@H](N)CCCO)cc1Cl. The zero-order valence-corrected chi connectivity index (χ0v) is 10.5. The van der Waals surface area contributed by atoms with Crippen LogP contribution in [0, 0.1) is 5.82 Å². The molecule has 1 atom stereocenters. The highest BCUT2D eigenvalue weighted by molar-refractivity contribution is 6.32. The summed E-state index contributed by atoms with van der Waals surface area (Å²) < 4.78 is 18.8. The van der Waals surface area contributed by atoms with Gasteiger partial charge in [0.15, 0.2) is 11.6 Å². The Morgan fingerprint density at radius 2 is 2.24 bits per heavy atom. The Balaban J connectivity index is 2.89. The minimum Gasteiger partial charge on any atom is -0.489 e. The van der Waals surface area contributed by atoms with E-state index in [1.165, 1.54) is 6.07 Å². The quantitative estimate of drug-likeness (QED) is 0.828. The van der Waals surface area contributed by atoms with Crippen molar-refractivity contribution in [1.82, 2.24) is 0 Å². The molecule has 96 valence electrons. The maximum atomic E-state index is 13.7. The predicted octanol–water partition coefficient (Wildman–Crippen LogP) is 2.65. The number of aliphatic hydroxyl groups excluding tert-OH is 1. The molecule has 0 aliphatic rings. The lowest BCUT2D eigenvalue weighted by Crippen LogP contribution is -2.11. The molecule has 1 rings (SSSR count). The fourth-order valence-corrected chi connectivity index (χ4v) is 1.82. The zero-order chi connectivity index (χ0) is 12.8. The first-order valence-corrected chi connectivity index (χ1v) is 5.96. The number of halogens is 2. The van der Waals surface area contributed by atoms with Crippen molar-refractivity contribution < 1.29 is 14.2 Å². The second-order valence-electron chi connectivity index (χ2n) is 3.72. The predicted molar refractivity (Wildman–Crippen MR) is 65.8 cm³/mol. The van der Waals surface area contributed by atoms with E-state index in [1.54, 1.807) is 13.0 Å². The standard InChI is InChI=1S/C12H17ClFNO2/c1-2-17-12-9(13)6-8(7-10(12)14)11(15)4-3-5-16/h6-7,11,16H,2-5,15H2,1H3/t11-/m0/s1. The average Bonchev–Trinajstić information content (AvgIpc) is 2.30. The molecule has 0 bridgehead atoms. The van der Waals surface area contributed by atoms with Crippen molar-refractivity contribution in [2.45, 2.75) is 25.8 Å². The number of rotatable bonds is 6. The van der Waals surface area contributed by atoms with Crippen LogP contribution in [0.4, 0.5) is 4.39 Å². The topological polar surface area (TPSA) is 55.5 Å². The highest BCUT2D eigenvalue weighted by Crippen LogP contribution is 2.31. The van der Waals surface area contributed by atoms with Crippen LogP contribution in [-0.4, -0.2) is 18.3 Å². The van der Waals surface area contributed by atoms with Gasteiger partial charge in [-0.3, -0.25) is 0 Å². The zero-order valence-electron chi connectivity index (χ0n) is 9.75. The molecule has 17 heavy (non-hydrogen) atoms. The molecule has 1 aromatic rings. The van der Waals surface area contributed by atoms with Crippen LogP contribution in [0.2, 0.25) is 5.02 Å². The van der Waals surface area contributed by atoms with Gasteiger partial charge in [-0.05, 0) is 37.5 Å². The first-order valence-electron chi connectivity index (χ1n) is 5.58. The number of benzene rings is 1. The second kappa shape index (κ2) is 6.79. The van der Waals surface area contributed by atoms with Crippen molar-refractivity contribution in [3.05, 3.63) is 28.5 Å². The molecule has 0 unspecified atom stereocenters. The van der Waals surface area contributed by atoms with Gasteiger partial charge in [0.2, 0.25) is 0 Å². The second-order valence-corrected chi connectivity index (χ2v) is 4.13. The van der Waals surface area contributed by atoms with Crippen molar-refractivity contribution in [2.24, 2.45) is 5.73 Å². The lowest BCUT2D eigenvalue weighted by molar-refractivity contribution is 0.279. The van der Waals surface area contributed by atoms with E-state index in [1.807, 2.05) is 0 Å². The van der Waals surface area contributed by atoms with Gasteiger partial charge in [-0.2, -0.15) is 0 Å². The van der Waals surface area contributed by atoms with Crippen LogP contribution in [0.15, 0.2) is 12.1 Å². The maximum absolute atomic E-state index is 13.7. The molecular weight excluding hydrogens is 245 g/mol. The number of hydrogen-bond acceptors (Lipinski definition) is 3. The van der Waals surface area contributed by atoms with Gasteiger partial charge in [-0.1, -0.05) is 11.6 Å². The van der Waals surface area contributed by atoms with Crippen LogP contribution in [0.3, 0.4) is 0 Å². The molecule has 1 aromatic carbocycles. The molecule has 3 nitrogen and oxygen atoms in total. The molecule has 0 saturated heterocycles. The fraction of sp³-hybridized carbons (Fsp3) is 0.500. The molecule has 0 aliphatic carbocycles. The van der Waals surface area contributed by atoms with Crippen molar-refractivity contribution in [3.8, 4) is 5.75 Å². The summed E-state index contributed by atoms with van der Waals surface area (Å²) in [4.78, 5) is 0. The molecule has 0 aromatic heterocycles. The fourth-order valence-electron chi connectivity index (χ4n) is 1.55. The van der Waals surface area contributed by atoms with Crippen LogP contribution in [0.25, 0.3) is 0 Å². The van der Waals surface area contributed by atoms with E-state index >= 15 is 0 Å². The van der Waals surface area contributed by atoms with E-state index in [4.69, 9.17) is 27.2 Å². The normalized spacial score (nSPS) is 12.5. The monoisotopic (exact) mass is 261 g/mol. The van der Waals surface area contributed by atoms with Crippen molar-refractivity contribution in [1.29, 1.82) is 0 Å². The molecule has 0 spiro atoms. The van der Waals surface area contributed by atoms with E-state index in [-0.39, 0.29) is 23.4 Å². The Kier molecular flexibility index (Phi) is 5.68. The van der Waals surface area contributed by atoms with Gasteiger partial charge in [0, 0.05) is 12.6 Å². The summed E-state index contributed by atoms with van der Waals surface area (Å²) in [5.41, 5.74) is 6.48. The summed E-state index contributed by atoms with van der Waals surface area (Å²) in [6.07, 6.45) is 1.16. The molecule has 0 amide bonds. The van der Waals surface area contributed by atoms with Gasteiger partial charge in [-0.25, -0.2) is 4.39 Å². The Bertz CT molecular complexity index is 351. The van der Waals surface area contributed by atoms with Gasteiger partial charge in [-0.15, -0.1) is 0 Å². The highest BCUT2D eigenvalue weighted by atomic mass is 35.5. The highest BCUT2D eigenvalue weighted by Gasteiger charge is 2.14. The Morgan fingerprint density at radius 3 is 2.76 bits per heavy atom. The molecule has 0 heterocycles. The molecule has 0 fully saturated rings. The average molecular weight is 262 g/mol. The first kappa shape index (κ1) is 14.2. The van der Waals surface area contributed by atoms with Crippen LogP contribution < -0.4 is 10.5 Å². The Morgan fingerprint density at radius 1 is 1.53 bits per heavy atom. The van der Waals surface area contributed by atoms with Gasteiger partial charge in [0.25, 0.3) is 0 Å². The van der Waals surface area contributed by atoms with Gasteiger partial charge >= 0.3 is 0 Å². The van der Waals surface area contributed by atoms with Crippen molar-refractivity contribution in [3.63, 3.8) is 0 Å². The molecule has 5 heteroatoms. The van der Waals surface area contributed by atoms with Crippen molar-refractivity contribution in [2.75, 3.05) is 13.2 Å². The van der Waals surface area contributed by atoms with E-state index in [0.29, 0.717) is 25.0 Å². The lowest BCUT2D eigenvalue weighted by Gasteiger charge is -2.14. The van der Waals surface area contributed by atoms with E-state index < -0.39 is 5.82 Å². The first-order chi connectivity index (χ1) is 8.10. The number of ether oxygens (including phenoxy) is 1. The largest absolute Gasteiger partial charge is 0.489 e. The molecule has 0 radical (unpaired) electrons. The van der Waals surface area contributed by atoms with Gasteiger partial charge in [0.1, 0.15) is 0 Å². The number of nitrogens with two attached hydrogens (primary N) is 1. The van der Waals surface area contributed by atoms with E-state index in [9.17, 15) is 4.39 Å². The smallest absolute Gasteiger partial charge is 0.173 e. The van der Waals surface area contributed by atoms with Gasteiger partial charge < -0.3 is 15.6 Å². The minimum atomic E-state index is -0.506. The Hall–Kier alpha value is -0.840. The summed E-state index contributed by atoms with van der Waals surface area (Å²) in [6, 6.07) is 2.61. The third-order valence-electron chi connectivity index (χ3n) is 2.41. The molecule has 3 N–H and O–H groups in total. The molecule has 0 saturated carbocycles. The van der Waals surface area contributed by atoms with Crippen LogP contribution in [0.5, 0.6) is 5.75 Å². The van der Waals surface area contributed by atoms with Crippen molar-refractivity contribution >= 4 is 11.6 Å².